The van der Waals surface area contributed by atoms with E-state index in [1.807, 2.05) is 104 Å². The zero-order valence-corrected chi connectivity index (χ0v) is 51.8. The van der Waals surface area contributed by atoms with Crippen LogP contribution < -0.4 is 40.0 Å². The Morgan fingerprint density at radius 2 is 1.41 bits per heavy atom. The quantitative estimate of drug-likeness (QED) is 0.0147. The second-order valence-electron chi connectivity index (χ2n) is 22.4. The molecule has 5 amide bonds. The standard InChI is InChI=1S/C64H72N6O13S3/c1-39-26-51-54(68(5)36-47-31-44-13-9-11-15-53(44)70(47)63(51)77)34-55(39)82-37-40-27-41(38-83-57-32-42-16-17-46-30-43-12-8-10-14-52(43)69(46)62(76)50(42)33-56(57)80-6)29-45(28-40)67-60(74)21-19-49(72)35-66-59(73)20-18-48(71)22-24-64(2,3)85-84-25-23-58(61(75)65-4)86(78,79)81-7/h8-15,26-29,32-34,46-47,58H,16-25,30-31,35,37-38H2,1-7H3,(H,65,75)(H,66,73)(H,67,74)/t46-,47+,58?/m1/s1. The molecule has 1 unspecified atom stereocenters. The summed E-state index contributed by atoms with van der Waals surface area (Å²) >= 11 is 0. The minimum atomic E-state index is -4.06. The summed E-state index contributed by atoms with van der Waals surface area (Å²) in [7, 11) is 4.59. The number of ether oxygens (including phenoxy) is 3. The van der Waals surface area contributed by atoms with E-state index in [1.165, 1.54) is 35.7 Å². The van der Waals surface area contributed by atoms with Crippen LogP contribution in [0.2, 0.25) is 0 Å². The van der Waals surface area contributed by atoms with Crippen molar-refractivity contribution in [3.63, 3.8) is 0 Å². The zero-order valence-electron chi connectivity index (χ0n) is 49.4. The number of carbonyl (C=O) groups is 7. The van der Waals surface area contributed by atoms with Crippen LogP contribution in [0.25, 0.3) is 0 Å². The lowest BCUT2D eigenvalue weighted by Gasteiger charge is -2.23. The van der Waals surface area contributed by atoms with Gasteiger partial charge in [-0.3, -0.25) is 37.7 Å². The lowest BCUT2D eigenvalue weighted by Crippen LogP contribution is -2.39. The Bertz CT molecular complexity index is 3630. The first-order valence-electron chi connectivity index (χ1n) is 28.6. The number of rotatable bonds is 27. The highest BCUT2D eigenvalue weighted by Gasteiger charge is 2.39. The molecule has 86 heavy (non-hydrogen) atoms. The first-order valence-corrected chi connectivity index (χ1v) is 32.4. The maximum absolute atomic E-state index is 14.2. The average Bonchev–Trinajstić information content (AvgIpc) is 1.69. The maximum Gasteiger partial charge on any atom is 0.279 e. The summed E-state index contributed by atoms with van der Waals surface area (Å²) < 4.78 is 49.3. The number of fused-ring (bicyclic) bond motifs is 8. The Balaban J connectivity index is 0.815. The summed E-state index contributed by atoms with van der Waals surface area (Å²) in [6.45, 7) is 5.57. The van der Waals surface area contributed by atoms with Gasteiger partial charge in [0, 0.05) is 96.1 Å². The molecule has 19 nitrogen and oxygen atoms in total. The molecular weight excluding hydrogens is 1160 g/mol. The molecule has 4 aliphatic heterocycles. The molecule has 0 aliphatic carbocycles. The number of carbonyl (C=O) groups excluding carboxylic acids is 7. The summed E-state index contributed by atoms with van der Waals surface area (Å²) in [4.78, 5) is 96.3. The number of hydrogen-bond donors (Lipinski definition) is 3. The second kappa shape index (κ2) is 27.4. The third kappa shape index (κ3) is 14.8. The molecule has 0 fully saturated rings. The van der Waals surface area contributed by atoms with E-state index in [1.54, 1.807) is 23.1 Å². The van der Waals surface area contributed by atoms with Gasteiger partial charge in [-0.05, 0) is 141 Å². The van der Waals surface area contributed by atoms with E-state index >= 15 is 0 Å². The Morgan fingerprint density at radius 1 is 0.756 bits per heavy atom. The molecule has 22 heteroatoms. The Labute approximate surface area is 509 Å². The van der Waals surface area contributed by atoms with Crippen LogP contribution in [0.1, 0.15) is 119 Å². The predicted octanol–water partition coefficient (Wildman–Crippen LogP) is 8.66. The van der Waals surface area contributed by atoms with E-state index in [9.17, 15) is 42.0 Å². The third-order valence-corrected chi connectivity index (χ3v) is 20.8. The van der Waals surface area contributed by atoms with Crippen LogP contribution in [0.3, 0.4) is 0 Å². The smallest absolute Gasteiger partial charge is 0.279 e. The molecule has 9 rings (SSSR count). The van der Waals surface area contributed by atoms with Gasteiger partial charge in [0.05, 0.1) is 26.5 Å². The normalized spacial score (nSPS) is 16.2. The average molecular weight is 1230 g/mol. The lowest BCUT2D eigenvalue weighted by atomic mass is 9.99. The van der Waals surface area contributed by atoms with E-state index in [0.29, 0.717) is 75.9 Å². The zero-order chi connectivity index (χ0) is 61.5. The molecule has 3 N–H and O–H groups in total. The van der Waals surface area contributed by atoms with Gasteiger partial charge in [-0.2, -0.15) is 8.42 Å². The summed E-state index contributed by atoms with van der Waals surface area (Å²) in [6.07, 6.45) is 6.63. The molecule has 5 aromatic rings. The van der Waals surface area contributed by atoms with Gasteiger partial charge in [-0.1, -0.05) is 64.1 Å². The van der Waals surface area contributed by atoms with Crippen molar-refractivity contribution in [2.24, 2.45) is 0 Å². The molecule has 4 heterocycles. The van der Waals surface area contributed by atoms with Gasteiger partial charge in [0.25, 0.3) is 16.0 Å². The van der Waals surface area contributed by atoms with Crippen molar-refractivity contribution in [2.75, 3.05) is 55.7 Å². The number of anilines is 3. The summed E-state index contributed by atoms with van der Waals surface area (Å²) in [5, 5.41) is 6.52. The minimum Gasteiger partial charge on any atom is -0.493 e. The van der Waals surface area contributed by atoms with Crippen LogP contribution in [0.5, 0.6) is 17.2 Å². The Kier molecular flexibility index (Phi) is 20.1. The van der Waals surface area contributed by atoms with Crippen LogP contribution in [0, 0.1) is 6.92 Å². The first-order chi connectivity index (χ1) is 41.1. The fourth-order valence-electron chi connectivity index (χ4n) is 11.2. The second-order valence-corrected chi connectivity index (χ2v) is 27.5. The highest BCUT2D eigenvalue weighted by Crippen LogP contribution is 2.43. The Morgan fingerprint density at radius 3 is 2.10 bits per heavy atom. The van der Waals surface area contributed by atoms with Gasteiger partial charge >= 0.3 is 0 Å². The Hall–Kier alpha value is -7.53. The van der Waals surface area contributed by atoms with E-state index in [2.05, 4.69) is 32.4 Å². The summed E-state index contributed by atoms with van der Waals surface area (Å²) in [5.74, 6) is -0.544. The van der Waals surface area contributed by atoms with Gasteiger partial charge in [-0.25, -0.2) is 0 Å². The van der Waals surface area contributed by atoms with Crippen LogP contribution in [0.15, 0.2) is 91.0 Å². The third-order valence-electron chi connectivity index (χ3n) is 15.8. The molecule has 0 radical (unpaired) electrons. The fraction of sp³-hybridized carbons (Fsp3) is 0.406. The molecule has 0 saturated carbocycles. The highest BCUT2D eigenvalue weighted by atomic mass is 33.1. The summed E-state index contributed by atoms with van der Waals surface area (Å²) in [5.41, 5.74) is 9.16. The molecule has 454 valence electrons. The van der Waals surface area contributed by atoms with Crippen molar-refractivity contribution >= 4 is 102 Å². The van der Waals surface area contributed by atoms with Crippen LogP contribution in [-0.4, -0.2) is 123 Å². The first kappa shape index (κ1) is 63.0. The number of amides is 5. The number of nitrogens with zero attached hydrogens (tertiary/aromatic N) is 3. The van der Waals surface area contributed by atoms with Gasteiger partial charge in [0.2, 0.25) is 23.6 Å². The molecular formula is C64H72N6O13S3. The van der Waals surface area contributed by atoms with Crippen molar-refractivity contribution in [1.29, 1.82) is 0 Å². The number of ketones is 2. The van der Waals surface area contributed by atoms with Crippen molar-refractivity contribution in [3.8, 4) is 17.2 Å². The number of methoxy groups -OCH3 is 1. The van der Waals surface area contributed by atoms with Crippen molar-refractivity contribution < 1.29 is 64.9 Å². The van der Waals surface area contributed by atoms with Crippen LogP contribution in [-0.2, 0) is 70.8 Å². The van der Waals surface area contributed by atoms with Crippen LogP contribution in [0.4, 0.5) is 22.7 Å². The van der Waals surface area contributed by atoms with E-state index in [-0.39, 0.29) is 98.5 Å². The largest absolute Gasteiger partial charge is 0.493 e. The topological polar surface area (TPSA) is 236 Å². The number of aryl methyl sites for hydroxylation is 2. The number of para-hydroxylation sites is 2. The van der Waals surface area contributed by atoms with Crippen LogP contribution >= 0.6 is 21.6 Å². The van der Waals surface area contributed by atoms with E-state index in [4.69, 9.17) is 14.2 Å². The molecule has 0 bridgehead atoms. The monoisotopic (exact) mass is 1230 g/mol. The van der Waals surface area contributed by atoms with Gasteiger partial charge in [-0.15, -0.1) is 0 Å². The fourth-order valence-corrected chi connectivity index (χ4v) is 15.1. The molecule has 5 aromatic carbocycles. The number of hydrogen-bond acceptors (Lipinski definition) is 15. The lowest BCUT2D eigenvalue weighted by molar-refractivity contribution is -0.401. The number of nitrogens with one attached hydrogen (secondary N) is 3. The molecule has 0 saturated heterocycles. The van der Waals surface area contributed by atoms with Crippen molar-refractivity contribution in [3.05, 3.63) is 136 Å². The summed E-state index contributed by atoms with van der Waals surface area (Å²) in [6, 6.07) is 28.4. The number of benzene rings is 5. The molecule has 0 aromatic heterocycles. The van der Waals surface area contributed by atoms with Gasteiger partial charge in [0.15, 0.2) is 22.5 Å². The van der Waals surface area contributed by atoms with Gasteiger partial charge in [0.1, 0.15) is 31.8 Å². The SMILES string of the molecule is CNC(=O)C(CCSSC(C)(C)CCC(=O)CCC(=O)NCC(=O)CCC(=O)Nc1cc(COc2cc3c(cc2C)C(=O)N2c4ccccc4C[C@H]2[C-]=[N+]3C)cc(COc2cc3c(cc2OC)C(=O)N2c4ccccc4C[C@H]2CC3)c1)S(=O)(=O)OC. The molecule has 0 spiro atoms. The van der Waals surface area contributed by atoms with Gasteiger partial charge < -0.3 is 44.5 Å². The maximum atomic E-state index is 14.2. The van der Waals surface area contributed by atoms with Crippen molar-refractivity contribution in [1.82, 2.24) is 10.6 Å². The predicted molar refractivity (Wildman–Crippen MR) is 332 cm³/mol. The molecule has 3 atom stereocenters. The van der Waals surface area contributed by atoms with E-state index in [0.717, 1.165) is 53.6 Å². The van der Waals surface area contributed by atoms with Crippen molar-refractivity contribution in [2.45, 2.75) is 127 Å². The molecule has 4 aliphatic rings. The minimum absolute atomic E-state index is 0.0229. The number of Topliss-reactive ketones (excluding diaryl/α,β-unsaturated/α-hetero) is 2. The van der Waals surface area contributed by atoms with E-state index < -0.39 is 33.1 Å². The highest BCUT2D eigenvalue weighted by molar-refractivity contribution is 8.77.